The summed E-state index contributed by atoms with van der Waals surface area (Å²) in [5.41, 5.74) is 3.51. The van der Waals surface area contributed by atoms with E-state index >= 15 is 0 Å². The van der Waals surface area contributed by atoms with Crippen LogP contribution in [0.1, 0.15) is 24.0 Å². The number of carbonyl (C=O) groups is 1. The normalized spacial score (nSPS) is 18.4. The second kappa shape index (κ2) is 6.96. The van der Waals surface area contributed by atoms with Crippen LogP contribution in [0, 0.1) is 11.7 Å². The first-order chi connectivity index (χ1) is 12.2. The van der Waals surface area contributed by atoms with Crippen molar-refractivity contribution in [2.24, 2.45) is 5.92 Å². The molecule has 0 aliphatic carbocycles. The molecule has 0 N–H and O–H groups in total. The standard InChI is InChI=1S/C21H23FN2O/c22-19-7-5-16(6-8-19)15-23-12-9-18(10-13-23)21(25)24-14-11-17-3-1-2-4-20(17)24/h1-8,18H,9-15H2. The van der Waals surface area contributed by atoms with Gasteiger partial charge in [0.2, 0.25) is 5.91 Å². The van der Waals surface area contributed by atoms with E-state index in [4.69, 9.17) is 0 Å². The number of halogens is 1. The molecule has 3 nitrogen and oxygen atoms in total. The highest BCUT2D eigenvalue weighted by molar-refractivity contribution is 5.97. The highest BCUT2D eigenvalue weighted by Crippen LogP contribution is 2.31. The van der Waals surface area contributed by atoms with Gasteiger partial charge in [0.1, 0.15) is 5.82 Å². The van der Waals surface area contributed by atoms with E-state index in [-0.39, 0.29) is 17.6 Å². The Morgan fingerprint density at radius 1 is 1.00 bits per heavy atom. The molecule has 2 aliphatic heterocycles. The fourth-order valence-corrected chi connectivity index (χ4v) is 3.97. The Kier molecular flexibility index (Phi) is 4.53. The number of nitrogens with zero attached hydrogens (tertiary/aromatic N) is 2. The first-order valence-corrected chi connectivity index (χ1v) is 9.07. The van der Waals surface area contributed by atoms with Gasteiger partial charge in [0.25, 0.3) is 0 Å². The average Bonchev–Trinajstić information content (AvgIpc) is 3.08. The van der Waals surface area contributed by atoms with Crippen LogP contribution < -0.4 is 4.90 Å². The minimum atomic E-state index is -0.195. The van der Waals surface area contributed by atoms with Gasteiger partial charge >= 0.3 is 0 Å². The number of benzene rings is 2. The molecule has 0 radical (unpaired) electrons. The lowest BCUT2D eigenvalue weighted by Gasteiger charge is -2.33. The van der Waals surface area contributed by atoms with E-state index in [0.717, 1.165) is 56.7 Å². The lowest BCUT2D eigenvalue weighted by atomic mass is 9.95. The van der Waals surface area contributed by atoms with E-state index in [1.54, 1.807) is 0 Å². The number of rotatable bonds is 3. The van der Waals surface area contributed by atoms with Gasteiger partial charge in [-0.05, 0) is 61.7 Å². The Labute approximate surface area is 148 Å². The Bertz CT molecular complexity index is 751. The molecule has 4 heteroatoms. The number of hydrogen-bond acceptors (Lipinski definition) is 2. The van der Waals surface area contributed by atoms with Crippen LogP contribution in [0.3, 0.4) is 0 Å². The smallest absolute Gasteiger partial charge is 0.230 e. The van der Waals surface area contributed by atoms with Crippen LogP contribution in [0.2, 0.25) is 0 Å². The quantitative estimate of drug-likeness (QED) is 0.853. The maximum absolute atomic E-state index is 13.0. The highest BCUT2D eigenvalue weighted by Gasteiger charge is 2.32. The molecule has 1 fully saturated rings. The Morgan fingerprint density at radius 2 is 1.72 bits per heavy atom. The fourth-order valence-electron chi connectivity index (χ4n) is 3.97. The third kappa shape index (κ3) is 3.45. The van der Waals surface area contributed by atoms with E-state index in [1.165, 1.54) is 17.7 Å². The highest BCUT2D eigenvalue weighted by atomic mass is 19.1. The molecule has 25 heavy (non-hydrogen) atoms. The van der Waals surface area contributed by atoms with Crippen molar-refractivity contribution in [1.82, 2.24) is 4.90 Å². The molecule has 0 bridgehead atoms. The summed E-state index contributed by atoms with van der Waals surface area (Å²) in [7, 11) is 0. The minimum absolute atomic E-state index is 0.121. The van der Waals surface area contributed by atoms with Gasteiger partial charge in [-0.3, -0.25) is 9.69 Å². The maximum atomic E-state index is 13.0. The zero-order valence-electron chi connectivity index (χ0n) is 14.3. The molecular formula is C21H23FN2O. The molecule has 2 aliphatic rings. The monoisotopic (exact) mass is 338 g/mol. The van der Waals surface area contributed by atoms with Crippen LogP contribution in [0.5, 0.6) is 0 Å². The minimum Gasteiger partial charge on any atom is -0.312 e. The van der Waals surface area contributed by atoms with Gasteiger partial charge in [-0.15, -0.1) is 0 Å². The lowest BCUT2D eigenvalue weighted by molar-refractivity contribution is -0.123. The lowest BCUT2D eigenvalue weighted by Crippen LogP contribution is -2.41. The fraction of sp³-hybridized carbons (Fsp3) is 0.381. The first-order valence-electron chi connectivity index (χ1n) is 9.07. The van der Waals surface area contributed by atoms with Gasteiger partial charge in [0.15, 0.2) is 0 Å². The molecule has 0 spiro atoms. The Hall–Kier alpha value is -2.20. The van der Waals surface area contributed by atoms with Crippen molar-refractivity contribution in [2.45, 2.75) is 25.8 Å². The molecule has 0 saturated carbocycles. The van der Waals surface area contributed by atoms with Crippen molar-refractivity contribution in [1.29, 1.82) is 0 Å². The second-order valence-corrected chi connectivity index (χ2v) is 7.05. The zero-order valence-corrected chi connectivity index (χ0v) is 14.3. The van der Waals surface area contributed by atoms with Crippen LogP contribution in [0.25, 0.3) is 0 Å². The molecule has 1 amide bonds. The van der Waals surface area contributed by atoms with Crippen molar-refractivity contribution >= 4 is 11.6 Å². The maximum Gasteiger partial charge on any atom is 0.230 e. The van der Waals surface area contributed by atoms with Crippen molar-refractivity contribution in [3.63, 3.8) is 0 Å². The number of likely N-dealkylation sites (tertiary alicyclic amines) is 1. The molecule has 2 aromatic rings. The molecule has 0 atom stereocenters. The van der Waals surface area contributed by atoms with Crippen molar-refractivity contribution < 1.29 is 9.18 Å². The second-order valence-electron chi connectivity index (χ2n) is 7.05. The van der Waals surface area contributed by atoms with Gasteiger partial charge in [-0.2, -0.15) is 0 Å². The Morgan fingerprint density at radius 3 is 2.48 bits per heavy atom. The van der Waals surface area contributed by atoms with Gasteiger partial charge in [0.05, 0.1) is 0 Å². The van der Waals surface area contributed by atoms with Gasteiger partial charge in [-0.1, -0.05) is 30.3 Å². The number of amides is 1. The van der Waals surface area contributed by atoms with E-state index in [1.807, 2.05) is 29.2 Å². The molecule has 4 rings (SSSR count). The first kappa shape index (κ1) is 16.3. The molecule has 2 aromatic carbocycles. The molecular weight excluding hydrogens is 315 g/mol. The molecule has 2 heterocycles. The summed E-state index contributed by atoms with van der Waals surface area (Å²) in [5.74, 6) is 0.209. The third-order valence-electron chi connectivity index (χ3n) is 5.41. The van der Waals surface area contributed by atoms with Crippen LogP contribution in [0.4, 0.5) is 10.1 Å². The molecule has 130 valence electrons. The number of anilines is 1. The largest absolute Gasteiger partial charge is 0.312 e. The van der Waals surface area contributed by atoms with E-state index in [2.05, 4.69) is 17.0 Å². The molecule has 0 aromatic heterocycles. The average molecular weight is 338 g/mol. The molecule has 0 unspecified atom stereocenters. The summed E-state index contributed by atoms with van der Waals surface area (Å²) in [6.45, 7) is 3.48. The Balaban J connectivity index is 1.34. The third-order valence-corrected chi connectivity index (χ3v) is 5.41. The number of piperidine rings is 1. The van der Waals surface area contributed by atoms with E-state index < -0.39 is 0 Å². The number of carbonyl (C=O) groups excluding carboxylic acids is 1. The predicted octanol–water partition coefficient (Wildman–Crippen LogP) is 3.63. The number of para-hydroxylation sites is 1. The van der Waals surface area contributed by atoms with Gasteiger partial charge < -0.3 is 4.90 Å². The SMILES string of the molecule is O=C(C1CCN(Cc2ccc(F)cc2)CC1)N1CCc2ccccc21. The summed E-state index contributed by atoms with van der Waals surface area (Å²) < 4.78 is 13.0. The van der Waals surface area contributed by atoms with Gasteiger partial charge in [0, 0.05) is 24.7 Å². The van der Waals surface area contributed by atoms with Crippen LogP contribution in [-0.2, 0) is 17.8 Å². The summed E-state index contributed by atoms with van der Waals surface area (Å²) in [6, 6.07) is 14.9. The van der Waals surface area contributed by atoms with Crippen molar-refractivity contribution in [2.75, 3.05) is 24.5 Å². The zero-order chi connectivity index (χ0) is 17.2. The van der Waals surface area contributed by atoms with E-state index in [0.29, 0.717) is 0 Å². The van der Waals surface area contributed by atoms with Crippen LogP contribution >= 0.6 is 0 Å². The predicted molar refractivity (Wildman–Crippen MR) is 96.9 cm³/mol. The summed E-state index contributed by atoms with van der Waals surface area (Å²) >= 11 is 0. The summed E-state index contributed by atoms with van der Waals surface area (Å²) in [5, 5.41) is 0. The summed E-state index contributed by atoms with van der Waals surface area (Å²) in [4.78, 5) is 17.3. The van der Waals surface area contributed by atoms with Crippen molar-refractivity contribution in [3.8, 4) is 0 Å². The van der Waals surface area contributed by atoms with Crippen molar-refractivity contribution in [3.05, 3.63) is 65.5 Å². The van der Waals surface area contributed by atoms with E-state index in [9.17, 15) is 9.18 Å². The molecule has 1 saturated heterocycles. The van der Waals surface area contributed by atoms with Gasteiger partial charge in [-0.25, -0.2) is 4.39 Å². The number of fused-ring (bicyclic) bond motifs is 1. The van der Waals surface area contributed by atoms with Crippen LogP contribution in [-0.4, -0.2) is 30.4 Å². The van der Waals surface area contributed by atoms with Crippen LogP contribution in [0.15, 0.2) is 48.5 Å². The topological polar surface area (TPSA) is 23.6 Å². The number of hydrogen-bond donors (Lipinski definition) is 0. The summed E-state index contributed by atoms with van der Waals surface area (Å²) in [6.07, 6.45) is 2.77.